The normalized spacial score (nSPS) is 16.4. The summed E-state index contributed by atoms with van der Waals surface area (Å²) in [6.45, 7) is 0.763. The van der Waals surface area contributed by atoms with E-state index in [0.717, 1.165) is 35.2 Å². The van der Waals surface area contributed by atoms with Crippen LogP contribution in [0.15, 0.2) is 42.5 Å². The lowest BCUT2D eigenvalue weighted by Gasteiger charge is -2.13. The Hall–Kier alpha value is -1.87. The Balaban J connectivity index is 1.58. The Morgan fingerprint density at radius 2 is 2.05 bits per heavy atom. The van der Waals surface area contributed by atoms with Crippen molar-refractivity contribution in [2.75, 3.05) is 19.0 Å². The fourth-order valence-electron chi connectivity index (χ4n) is 2.34. The molecule has 1 heterocycles. The molecule has 0 saturated carbocycles. The zero-order chi connectivity index (χ0) is 13.9. The van der Waals surface area contributed by atoms with Crippen LogP contribution >= 0.6 is 11.6 Å². The Morgan fingerprint density at radius 3 is 2.80 bits per heavy atom. The Morgan fingerprint density at radius 1 is 1.25 bits per heavy atom. The molecule has 0 fully saturated rings. The number of halogens is 1. The van der Waals surface area contributed by atoms with Gasteiger partial charge in [-0.3, -0.25) is 0 Å². The first kappa shape index (κ1) is 13.1. The molecule has 3 rings (SSSR count). The highest BCUT2D eigenvalue weighted by Gasteiger charge is 2.22. The third-order valence-electron chi connectivity index (χ3n) is 3.39. The minimum atomic E-state index is 0.144. The minimum Gasteiger partial charge on any atom is -0.497 e. The molecular weight excluding hydrogens is 274 g/mol. The largest absolute Gasteiger partial charge is 0.497 e. The topological polar surface area (TPSA) is 30.5 Å². The van der Waals surface area contributed by atoms with Crippen LogP contribution in [0.2, 0.25) is 5.02 Å². The van der Waals surface area contributed by atoms with E-state index in [4.69, 9.17) is 21.1 Å². The van der Waals surface area contributed by atoms with Gasteiger partial charge in [0.2, 0.25) is 0 Å². The van der Waals surface area contributed by atoms with Crippen molar-refractivity contribution < 1.29 is 9.47 Å². The van der Waals surface area contributed by atoms with Gasteiger partial charge in [0, 0.05) is 17.1 Å². The van der Waals surface area contributed by atoms with Crippen molar-refractivity contribution in [1.29, 1.82) is 0 Å². The number of methoxy groups -OCH3 is 1. The van der Waals surface area contributed by atoms with Crippen molar-refractivity contribution >= 4 is 17.3 Å². The van der Waals surface area contributed by atoms with E-state index in [2.05, 4.69) is 5.32 Å². The summed E-state index contributed by atoms with van der Waals surface area (Å²) in [6.07, 6.45) is 1.03. The van der Waals surface area contributed by atoms with Gasteiger partial charge in [0.05, 0.1) is 13.7 Å². The van der Waals surface area contributed by atoms with Crippen LogP contribution in [-0.2, 0) is 6.42 Å². The SMILES string of the molecule is COc1ccc(NCC2Cc3cc(Cl)ccc3O2)cc1. The number of hydrogen-bond acceptors (Lipinski definition) is 3. The number of benzene rings is 2. The van der Waals surface area contributed by atoms with E-state index in [0.29, 0.717) is 0 Å². The standard InChI is InChI=1S/C16H16ClNO2/c1-19-14-5-3-13(4-6-14)18-10-15-9-11-8-12(17)2-7-16(11)20-15/h2-8,15,18H,9-10H2,1H3. The highest BCUT2D eigenvalue weighted by atomic mass is 35.5. The molecule has 1 unspecified atom stereocenters. The fourth-order valence-corrected chi connectivity index (χ4v) is 2.54. The molecule has 2 aromatic rings. The fraction of sp³-hybridized carbons (Fsp3) is 0.250. The average Bonchev–Trinajstić information content (AvgIpc) is 2.87. The van der Waals surface area contributed by atoms with Crippen molar-refractivity contribution in [2.45, 2.75) is 12.5 Å². The van der Waals surface area contributed by atoms with Gasteiger partial charge in [-0.1, -0.05) is 11.6 Å². The number of fused-ring (bicyclic) bond motifs is 1. The van der Waals surface area contributed by atoms with Gasteiger partial charge in [-0.25, -0.2) is 0 Å². The third kappa shape index (κ3) is 2.83. The number of ether oxygens (including phenoxy) is 2. The molecule has 1 atom stereocenters. The summed E-state index contributed by atoms with van der Waals surface area (Å²) in [4.78, 5) is 0. The van der Waals surface area contributed by atoms with Crippen LogP contribution in [0.1, 0.15) is 5.56 Å². The summed E-state index contributed by atoms with van der Waals surface area (Å²) in [5.41, 5.74) is 2.24. The van der Waals surface area contributed by atoms with Crippen molar-refractivity contribution in [3.05, 3.63) is 53.1 Å². The van der Waals surface area contributed by atoms with Crippen molar-refractivity contribution in [3.63, 3.8) is 0 Å². The maximum Gasteiger partial charge on any atom is 0.123 e. The van der Waals surface area contributed by atoms with E-state index in [9.17, 15) is 0 Å². The molecule has 20 heavy (non-hydrogen) atoms. The molecule has 4 heteroatoms. The second-order valence-corrected chi connectivity index (χ2v) is 5.24. The highest BCUT2D eigenvalue weighted by Crippen LogP contribution is 2.31. The lowest BCUT2D eigenvalue weighted by molar-refractivity contribution is 0.246. The maximum absolute atomic E-state index is 5.99. The van der Waals surface area contributed by atoms with Gasteiger partial charge in [0.15, 0.2) is 0 Å². The first-order valence-electron chi connectivity index (χ1n) is 6.57. The summed E-state index contributed by atoms with van der Waals surface area (Å²) in [5, 5.41) is 4.13. The lowest BCUT2D eigenvalue weighted by atomic mass is 10.1. The van der Waals surface area contributed by atoms with Gasteiger partial charge in [-0.05, 0) is 48.0 Å². The van der Waals surface area contributed by atoms with Gasteiger partial charge in [-0.2, -0.15) is 0 Å². The molecule has 0 spiro atoms. The summed E-state index contributed by atoms with van der Waals surface area (Å²) in [6, 6.07) is 13.6. The smallest absolute Gasteiger partial charge is 0.123 e. The van der Waals surface area contributed by atoms with Crippen LogP contribution in [-0.4, -0.2) is 19.8 Å². The van der Waals surface area contributed by atoms with Crippen LogP contribution in [0.4, 0.5) is 5.69 Å². The monoisotopic (exact) mass is 289 g/mol. The van der Waals surface area contributed by atoms with Crippen LogP contribution in [0.3, 0.4) is 0 Å². The molecule has 0 aliphatic carbocycles. The summed E-state index contributed by atoms with van der Waals surface area (Å²) >= 11 is 5.99. The van der Waals surface area contributed by atoms with E-state index in [-0.39, 0.29) is 6.10 Å². The number of nitrogens with one attached hydrogen (secondary N) is 1. The highest BCUT2D eigenvalue weighted by molar-refractivity contribution is 6.30. The maximum atomic E-state index is 5.99. The summed E-state index contributed by atoms with van der Waals surface area (Å²) < 4.78 is 11.0. The molecule has 0 aromatic heterocycles. The predicted octanol–water partition coefficient (Wildman–Crippen LogP) is 3.76. The van der Waals surface area contributed by atoms with Crippen LogP contribution in [0.25, 0.3) is 0 Å². The van der Waals surface area contributed by atoms with Crippen molar-refractivity contribution in [1.82, 2.24) is 0 Å². The minimum absolute atomic E-state index is 0.144. The predicted molar refractivity (Wildman–Crippen MR) is 81.1 cm³/mol. The first-order chi connectivity index (χ1) is 9.74. The molecule has 1 aliphatic heterocycles. The van der Waals surface area contributed by atoms with E-state index in [1.807, 2.05) is 42.5 Å². The Labute approximate surface area is 123 Å². The van der Waals surface area contributed by atoms with Gasteiger partial charge in [0.1, 0.15) is 17.6 Å². The average molecular weight is 290 g/mol. The van der Waals surface area contributed by atoms with Gasteiger partial charge < -0.3 is 14.8 Å². The van der Waals surface area contributed by atoms with Crippen LogP contribution < -0.4 is 14.8 Å². The van der Waals surface area contributed by atoms with Gasteiger partial charge in [-0.15, -0.1) is 0 Å². The number of hydrogen-bond donors (Lipinski definition) is 1. The lowest BCUT2D eigenvalue weighted by Crippen LogP contribution is -2.23. The van der Waals surface area contributed by atoms with Gasteiger partial charge in [0.25, 0.3) is 0 Å². The molecule has 3 nitrogen and oxygen atoms in total. The molecule has 0 bridgehead atoms. The summed E-state index contributed by atoms with van der Waals surface area (Å²) in [5.74, 6) is 1.80. The van der Waals surface area contributed by atoms with Gasteiger partial charge >= 0.3 is 0 Å². The third-order valence-corrected chi connectivity index (χ3v) is 3.62. The van der Waals surface area contributed by atoms with E-state index in [1.165, 1.54) is 5.56 Å². The molecule has 0 saturated heterocycles. The number of anilines is 1. The van der Waals surface area contributed by atoms with Crippen molar-refractivity contribution in [2.24, 2.45) is 0 Å². The summed E-state index contributed by atoms with van der Waals surface area (Å²) in [7, 11) is 1.66. The first-order valence-corrected chi connectivity index (χ1v) is 6.95. The van der Waals surface area contributed by atoms with Crippen LogP contribution in [0.5, 0.6) is 11.5 Å². The quantitative estimate of drug-likeness (QED) is 0.929. The molecule has 104 valence electrons. The molecule has 1 N–H and O–H groups in total. The molecule has 0 radical (unpaired) electrons. The van der Waals surface area contributed by atoms with E-state index >= 15 is 0 Å². The van der Waals surface area contributed by atoms with E-state index in [1.54, 1.807) is 7.11 Å². The molecule has 2 aromatic carbocycles. The zero-order valence-corrected chi connectivity index (χ0v) is 12.0. The van der Waals surface area contributed by atoms with Crippen molar-refractivity contribution in [3.8, 4) is 11.5 Å². The van der Waals surface area contributed by atoms with E-state index < -0.39 is 0 Å². The number of rotatable bonds is 4. The second-order valence-electron chi connectivity index (χ2n) is 4.81. The molecule has 0 amide bonds. The Kier molecular flexibility index (Phi) is 3.70. The van der Waals surface area contributed by atoms with Crippen LogP contribution in [0, 0.1) is 0 Å². The molecule has 1 aliphatic rings. The second kappa shape index (κ2) is 5.63. The molecular formula is C16H16ClNO2. The zero-order valence-electron chi connectivity index (χ0n) is 11.2. The Bertz CT molecular complexity index is 598.